The third kappa shape index (κ3) is 4.01. The molecular weight excluding hydrogens is 470 g/mol. The molecule has 0 saturated carbocycles. The molecule has 0 atom stereocenters. The summed E-state index contributed by atoms with van der Waals surface area (Å²) in [7, 11) is 1.40. The Hall–Kier alpha value is -4.57. The lowest BCUT2D eigenvalue weighted by Gasteiger charge is -2.28. The number of H-pyrrole nitrogens is 1. The van der Waals surface area contributed by atoms with Gasteiger partial charge in [0.1, 0.15) is 0 Å². The molecule has 0 spiro atoms. The molecule has 1 aliphatic rings. The smallest absolute Gasteiger partial charge is 0.340 e. The molecule has 6 rings (SSSR count). The average molecular weight is 496 g/mol. The minimum Gasteiger partial charge on any atom is -0.465 e. The average Bonchev–Trinajstić information content (AvgIpc) is 3.63. The van der Waals surface area contributed by atoms with Crippen molar-refractivity contribution in [2.45, 2.75) is 6.92 Å². The maximum absolute atomic E-state index is 12.8. The summed E-state index contributed by atoms with van der Waals surface area (Å²) in [4.78, 5) is 20.0. The molecule has 1 aliphatic heterocycles. The number of nitrogens with one attached hydrogen (secondary N) is 1. The van der Waals surface area contributed by atoms with Crippen molar-refractivity contribution in [3.8, 4) is 28.2 Å². The number of methoxy groups -OCH3 is 1. The van der Waals surface area contributed by atoms with E-state index in [2.05, 4.69) is 42.2 Å². The number of hydrogen-bond acceptors (Lipinski definition) is 8. The highest BCUT2D eigenvalue weighted by atomic mass is 16.5. The zero-order valence-electron chi connectivity index (χ0n) is 20.5. The molecule has 0 unspecified atom stereocenters. The number of aryl methyl sites for hydroxylation is 1. The predicted octanol–water partition coefficient (Wildman–Crippen LogP) is 3.80. The predicted molar refractivity (Wildman–Crippen MR) is 139 cm³/mol. The highest BCUT2D eigenvalue weighted by molar-refractivity contribution is 6.04. The van der Waals surface area contributed by atoms with Crippen molar-refractivity contribution in [1.29, 1.82) is 0 Å². The first-order chi connectivity index (χ1) is 18.2. The Kier molecular flexibility index (Phi) is 5.85. The fourth-order valence-corrected chi connectivity index (χ4v) is 4.80. The van der Waals surface area contributed by atoms with Crippen LogP contribution >= 0.6 is 0 Å². The third-order valence-corrected chi connectivity index (χ3v) is 6.65. The molecule has 37 heavy (non-hydrogen) atoms. The fraction of sp³-hybridized carbons (Fsp3) is 0.222. The van der Waals surface area contributed by atoms with E-state index in [1.54, 1.807) is 6.07 Å². The topological polar surface area (TPSA) is 111 Å². The Morgan fingerprint density at radius 3 is 2.46 bits per heavy atom. The molecule has 1 fully saturated rings. The van der Waals surface area contributed by atoms with Crippen LogP contribution < -0.4 is 4.90 Å². The molecule has 0 amide bonds. The SMILES string of the molecule is COC(=O)c1ccc(C)c2nc(N3CCOCC3)n(-c3ccc(-c4ccccc4-c4nnn[nH]4)cc3)c12. The van der Waals surface area contributed by atoms with Crippen LogP contribution in [0.4, 0.5) is 5.95 Å². The Balaban J connectivity index is 1.52. The molecular formula is C27H25N7O3. The second-order valence-electron chi connectivity index (χ2n) is 8.81. The molecule has 2 aromatic heterocycles. The van der Waals surface area contributed by atoms with E-state index in [4.69, 9.17) is 14.5 Å². The van der Waals surface area contributed by atoms with Gasteiger partial charge in [-0.2, -0.15) is 0 Å². The number of anilines is 1. The van der Waals surface area contributed by atoms with Crippen LogP contribution in [-0.4, -0.2) is 69.6 Å². The molecule has 1 N–H and O–H groups in total. The van der Waals surface area contributed by atoms with E-state index in [-0.39, 0.29) is 0 Å². The number of hydrogen-bond donors (Lipinski definition) is 1. The number of carbonyl (C=O) groups is 1. The van der Waals surface area contributed by atoms with Crippen LogP contribution in [0.1, 0.15) is 15.9 Å². The molecule has 10 nitrogen and oxygen atoms in total. The second kappa shape index (κ2) is 9.47. The van der Waals surface area contributed by atoms with Crippen LogP contribution in [0.5, 0.6) is 0 Å². The Labute approximate surface area is 212 Å². The van der Waals surface area contributed by atoms with Gasteiger partial charge in [0.15, 0.2) is 5.82 Å². The zero-order chi connectivity index (χ0) is 25.4. The summed E-state index contributed by atoms with van der Waals surface area (Å²) >= 11 is 0. The first kappa shape index (κ1) is 22.9. The van der Waals surface area contributed by atoms with E-state index >= 15 is 0 Å². The first-order valence-electron chi connectivity index (χ1n) is 12.0. The number of fused-ring (bicyclic) bond motifs is 1. The van der Waals surface area contributed by atoms with Gasteiger partial charge in [0.05, 0.1) is 36.9 Å². The summed E-state index contributed by atoms with van der Waals surface area (Å²) in [6, 6.07) is 19.9. The summed E-state index contributed by atoms with van der Waals surface area (Å²) in [5.74, 6) is 0.984. The summed E-state index contributed by atoms with van der Waals surface area (Å²) in [5, 5.41) is 14.4. The highest BCUT2D eigenvalue weighted by Crippen LogP contribution is 2.34. The van der Waals surface area contributed by atoms with Crippen molar-refractivity contribution >= 4 is 23.0 Å². The van der Waals surface area contributed by atoms with Gasteiger partial charge in [0, 0.05) is 24.3 Å². The monoisotopic (exact) mass is 495 g/mol. The summed E-state index contributed by atoms with van der Waals surface area (Å²) in [6.45, 7) is 4.68. The number of benzene rings is 3. The van der Waals surface area contributed by atoms with Gasteiger partial charge in [-0.15, -0.1) is 5.10 Å². The molecule has 186 valence electrons. The minimum atomic E-state index is -0.397. The maximum Gasteiger partial charge on any atom is 0.340 e. The van der Waals surface area contributed by atoms with E-state index in [1.807, 2.05) is 49.4 Å². The maximum atomic E-state index is 12.8. The summed E-state index contributed by atoms with van der Waals surface area (Å²) in [5.41, 5.74) is 6.78. The van der Waals surface area contributed by atoms with Crippen molar-refractivity contribution in [2.24, 2.45) is 0 Å². The standard InChI is InChI=1S/C27H25N7O3/c1-17-7-12-22(26(35)36-2)24-23(17)28-27(33-13-15-37-16-14-33)34(24)19-10-8-18(9-11-19)20-5-3-4-6-21(20)25-29-31-32-30-25/h3-12H,13-16H2,1-2H3,(H,29,30,31,32). The van der Waals surface area contributed by atoms with E-state index in [0.29, 0.717) is 37.7 Å². The van der Waals surface area contributed by atoms with E-state index in [9.17, 15) is 4.79 Å². The Morgan fingerprint density at radius 2 is 1.76 bits per heavy atom. The first-order valence-corrected chi connectivity index (χ1v) is 12.0. The van der Waals surface area contributed by atoms with Crippen molar-refractivity contribution in [1.82, 2.24) is 30.2 Å². The van der Waals surface area contributed by atoms with Crippen LogP contribution in [0.25, 0.3) is 39.2 Å². The van der Waals surface area contributed by atoms with Gasteiger partial charge in [0.2, 0.25) is 5.95 Å². The van der Waals surface area contributed by atoms with Gasteiger partial charge in [-0.1, -0.05) is 42.5 Å². The normalized spacial score (nSPS) is 13.7. The lowest BCUT2D eigenvalue weighted by molar-refractivity contribution is 0.0602. The van der Waals surface area contributed by atoms with E-state index in [0.717, 1.165) is 44.9 Å². The van der Waals surface area contributed by atoms with Gasteiger partial charge in [0.25, 0.3) is 0 Å². The van der Waals surface area contributed by atoms with Crippen LogP contribution in [0.2, 0.25) is 0 Å². The van der Waals surface area contributed by atoms with Gasteiger partial charge in [-0.3, -0.25) is 4.57 Å². The minimum absolute atomic E-state index is 0.397. The number of esters is 1. The lowest BCUT2D eigenvalue weighted by atomic mass is 9.99. The molecule has 1 saturated heterocycles. The number of imidazole rings is 1. The van der Waals surface area contributed by atoms with Crippen LogP contribution in [0, 0.1) is 6.92 Å². The lowest BCUT2D eigenvalue weighted by Crippen LogP contribution is -2.37. The number of ether oxygens (including phenoxy) is 2. The summed E-state index contributed by atoms with van der Waals surface area (Å²) in [6.07, 6.45) is 0. The largest absolute Gasteiger partial charge is 0.465 e. The Morgan fingerprint density at radius 1 is 1.00 bits per heavy atom. The number of nitrogens with zero attached hydrogens (tertiary/aromatic N) is 6. The second-order valence-corrected chi connectivity index (χ2v) is 8.81. The van der Waals surface area contributed by atoms with Gasteiger partial charge >= 0.3 is 5.97 Å². The molecule has 0 radical (unpaired) electrons. The summed E-state index contributed by atoms with van der Waals surface area (Å²) < 4.78 is 12.8. The number of aromatic amines is 1. The van der Waals surface area contributed by atoms with Gasteiger partial charge < -0.3 is 14.4 Å². The number of carbonyl (C=O) groups excluding carboxylic acids is 1. The fourth-order valence-electron chi connectivity index (χ4n) is 4.80. The number of tetrazole rings is 1. The van der Waals surface area contributed by atoms with E-state index in [1.165, 1.54) is 7.11 Å². The van der Waals surface area contributed by atoms with Crippen LogP contribution in [0.3, 0.4) is 0 Å². The molecule has 0 aliphatic carbocycles. The molecule has 5 aromatic rings. The van der Waals surface area contributed by atoms with Crippen LogP contribution in [-0.2, 0) is 9.47 Å². The van der Waals surface area contributed by atoms with Crippen molar-refractivity contribution in [2.75, 3.05) is 38.3 Å². The van der Waals surface area contributed by atoms with Crippen molar-refractivity contribution in [3.05, 3.63) is 71.8 Å². The van der Waals surface area contributed by atoms with Gasteiger partial charge in [-0.05, 0) is 52.2 Å². The van der Waals surface area contributed by atoms with E-state index < -0.39 is 5.97 Å². The van der Waals surface area contributed by atoms with Gasteiger partial charge in [-0.25, -0.2) is 14.9 Å². The zero-order valence-corrected chi connectivity index (χ0v) is 20.5. The van der Waals surface area contributed by atoms with Crippen LogP contribution in [0.15, 0.2) is 60.7 Å². The number of rotatable bonds is 5. The van der Waals surface area contributed by atoms with Crippen molar-refractivity contribution in [3.63, 3.8) is 0 Å². The number of morpholine rings is 1. The molecule has 3 aromatic carbocycles. The molecule has 3 heterocycles. The Bertz CT molecular complexity index is 1570. The molecule has 0 bridgehead atoms. The highest BCUT2D eigenvalue weighted by Gasteiger charge is 2.25. The quantitative estimate of drug-likeness (QED) is 0.367. The number of aromatic nitrogens is 6. The third-order valence-electron chi connectivity index (χ3n) is 6.65. The van der Waals surface area contributed by atoms with Crippen molar-refractivity contribution < 1.29 is 14.3 Å². The molecule has 10 heteroatoms.